The molecule has 11 rings (SSSR count). The van der Waals surface area contributed by atoms with E-state index in [4.69, 9.17) is 56.8 Å². The molecular weight excluding hydrogens is 1120 g/mol. The molecule has 0 aromatic rings. The number of aliphatic hydroxyl groups is 16. The zero-order valence-corrected chi connectivity index (χ0v) is 47.4. The van der Waals surface area contributed by atoms with Gasteiger partial charge in [0.15, 0.2) is 37.2 Å². The van der Waals surface area contributed by atoms with Crippen LogP contribution in [0.3, 0.4) is 0 Å². The molecule has 11 fully saturated rings. The third-order valence-corrected chi connectivity index (χ3v) is 21.9. The van der Waals surface area contributed by atoms with Crippen molar-refractivity contribution >= 4 is 0 Å². The highest BCUT2D eigenvalue weighted by molar-refractivity contribution is 5.17. The summed E-state index contributed by atoms with van der Waals surface area (Å²) in [4.78, 5) is 0. The summed E-state index contributed by atoms with van der Waals surface area (Å²) in [6.45, 7) is 7.39. The lowest BCUT2D eigenvalue weighted by atomic mass is 9.44. The summed E-state index contributed by atoms with van der Waals surface area (Å²) < 4.78 is 72.9. The molecule has 28 nitrogen and oxygen atoms in total. The Morgan fingerprint density at radius 3 is 1.75 bits per heavy atom. The second-order valence-corrected chi connectivity index (χ2v) is 26.4. The molecule has 0 radical (unpaired) electrons. The second kappa shape index (κ2) is 25.0. The molecular formula is C56H90O28. The average molecular weight is 1210 g/mol. The van der Waals surface area contributed by atoms with E-state index in [1.165, 1.54) is 0 Å². The van der Waals surface area contributed by atoms with Crippen LogP contribution in [0.25, 0.3) is 0 Å². The van der Waals surface area contributed by atoms with Gasteiger partial charge in [0.25, 0.3) is 0 Å². The van der Waals surface area contributed by atoms with E-state index in [1.54, 1.807) is 0 Å². The number of hydrogen-bond donors (Lipinski definition) is 16. The predicted molar refractivity (Wildman–Crippen MR) is 276 cm³/mol. The third-order valence-electron chi connectivity index (χ3n) is 21.9. The molecule has 482 valence electrons. The van der Waals surface area contributed by atoms with Crippen LogP contribution in [-0.4, -0.2) is 293 Å². The van der Waals surface area contributed by atoms with E-state index < -0.39 is 198 Å². The summed E-state index contributed by atoms with van der Waals surface area (Å²) in [7, 11) is 0. The van der Waals surface area contributed by atoms with Gasteiger partial charge < -0.3 is 139 Å². The lowest BCUT2D eigenvalue weighted by molar-refractivity contribution is -0.410. The van der Waals surface area contributed by atoms with Crippen LogP contribution in [0.5, 0.6) is 0 Å². The quantitative estimate of drug-likeness (QED) is 0.0570. The van der Waals surface area contributed by atoms with Gasteiger partial charge in [-0.2, -0.15) is 0 Å². The maximum absolute atomic E-state index is 12.1. The fraction of sp³-hybridized carbons (Fsp3) is 0.964. The molecule has 0 amide bonds. The molecule has 84 heavy (non-hydrogen) atoms. The Hall–Kier alpha value is -1.38. The van der Waals surface area contributed by atoms with Crippen molar-refractivity contribution in [3.8, 4) is 0 Å². The predicted octanol–water partition coefficient (Wildman–Crippen LogP) is -5.56. The topological polar surface area (TPSA) is 434 Å². The molecule has 28 heteroatoms. The Kier molecular flexibility index (Phi) is 19.1. The summed E-state index contributed by atoms with van der Waals surface area (Å²) in [6.07, 6.45) is -39.4. The highest BCUT2D eigenvalue weighted by Crippen LogP contribution is 2.71. The normalized spacial score (nSPS) is 56.8. The molecule has 0 aromatic carbocycles. The summed E-state index contributed by atoms with van der Waals surface area (Å²) in [6, 6.07) is 0. The Balaban J connectivity index is 0.793. The van der Waals surface area contributed by atoms with E-state index in [2.05, 4.69) is 27.4 Å². The van der Waals surface area contributed by atoms with Gasteiger partial charge in [0.1, 0.15) is 116 Å². The molecule has 7 aliphatic heterocycles. The SMILES string of the molecule is C=C1CC[C@@]2(OC1)OC1C[C@H]3[C@@H]4CC[C@H]5C[C@@H](O[C@@H]6O[C@H](CO)[C@H](O[C@@H]7O[C@H](CO)[C@@H](O)[C@H](O[C@@H]8OC[C@@H](O)[C@H](O)[C@H]8O)[C@H]7O[C@@H]7O[C@H](CO)[C@@H](O)[C@@H](O[C@@H]8O[C@H](CO)[C@@H](O)[C@H](O)[C@H]8O)[C@H]7O)[C@H](O)[C@H]6O)[C@H](O)C[C@]5(C)[C@H]4CC[C@]3(C)C1[C@@H]2C. The van der Waals surface area contributed by atoms with Crippen LogP contribution < -0.4 is 0 Å². The van der Waals surface area contributed by atoms with Crippen LogP contribution in [0, 0.1) is 46.3 Å². The molecule has 4 aliphatic carbocycles. The third kappa shape index (κ3) is 11.1. The molecule has 0 aromatic heterocycles. The van der Waals surface area contributed by atoms with Gasteiger partial charge >= 0.3 is 0 Å². The monoisotopic (exact) mass is 1210 g/mol. The molecule has 16 N–H and O–H groups in total. The number of ether oxygens (including phenoxy) is 12. The van der Waals surface area contributed by atoms with Gasteiger partial charge in [0.2, 0.25) is 0 Å². The van der Waals surface area contributed by atoms with E-state index in [0.717, 1.165) is 50.5 Å². The first-order valence-corrected chi connectivity index (χ1v) is 30.0. The van der Waals surface area contributed by atoms with Crippen LogP contribution in [-0.2, 0) is 56.8 Å². The zero-order chi connectivity index (χ0) is 60.2. The van der Waals surface area contributed by atoms with Crippen molar-refractivity contribution in [1.29, 1.82) is 0 Å². The first kappa shape index (κ1) is 64.2. The minimum Gasteiger partial charge on any atom is -0.394 e. The van der Waals surface area contributed by atoms with Gasteiger partial charge in [0.05, 0.1) is 58.0 Å². The van der Waals surface area contributed by atoms with Gasteiger partial charge in [-0.3, -0.25) is 0 Å². The van der Waals surface area contributed by atoms with Crippen LogP contribution in [0.2, 0.25) is 0 Å². The molecule has 0 bridgehead atoms. The largest absolute Gasteiger partial charge is 0.394 e. The number of rotatable bonds is 14. The number of fused-ring (bicyclic) bond motifs is 7. The van der Waals surface area contributed by atoms with Gasteiger partial charge in [-0.05, 0) is 91.8 Å². The molecule has 7 heterocycles. The van der Waals surface area contributed by atoms with Crippen molar-refractivity contribution in [2.75, 3.05) is 39.6 Å². The van der Waals surface area contributed by atoms with E-state index in [1.807, 2.05) is 0 Å². The van der Waals surface area contributed by atoms with Crippen molar-refractivity contribution in [1.82, 2.24) is 0 Å². The molecule has 11 aliphatic rings. The van der Waals surface area contributed by atoms with Gasteiger partial charge in [-0.1, -0.05) is 32.9 Å². The highest BCUT2D eigenvalue weighted by Gasteiger charge is 2.70. The van der Waals surface area contributed by atoms with Crippen molar-refractivity contribution in [2.45, 2.75) is 250 Å². The van der Waals surface area contributed by atoms with E-state index in [9.17, 15) is 81.7 Å². The summed E-state index contributed by atoms with van der Waals surface area (Å²) in [5.74, 6) is 1.40. The minimum atomic E-state index is -2.20. The number of hydrogen-bond acceptors (Lipinski definition) is 28. The van der Waals surface area contributed by atoms with Crippen LogP contribution in [0.4, 0.5) is 0 Å². The lowest BCUT2D eigenvalue weighted by Crippen LogP contribution is -2.69. The van der Waals surface area contributed by atoms with E-state index in [-0.39, 0.29) is 28.8 Å². The van der Waals surface area contributed by atoms with Crippen LogP contribution >= 0.6 is 0 Å². The van der Waals surface area contributed by atoms with Gasteiger partial charge in [-0.25, -0.2) is 0 Å². The first-order valence-electron chi connectivity index (χ1n) is 30.0. The van der Waals surface area contributed by atoms with Crippen LogP contribution in [0.15, 0.2) is 12.2 Å². The lowest BCUT2D eigenvalue weighted by Gasteiger charge is -2.62. The highest BCUT2D eigenvalue weighted by atomic mass is 16.8. The Morgan fingerprint density at radius 2 is 1.08 bits per heavy atom. The second-order valence-electron chi connectivity index (χ2n) is 26.4. The molecule has 7 saturated heterocycles. The van der Waals surface area contributed by atoms with Crippen molar-refractivity contribution in [3.05, 3.63) is 12.2 Å². The maximum Gasteiger partial charge on any atom is 0.187 e. The number of aliphatic hydroxyl groups excluding tert-OH is 16. The van der Waals surface area contributed by atoms with Gasteiger partial charge in [0, 0.05) is 12.3 Å². The Bertz CT molecular complexity index is 2230. The molecule has 2 unspecified atom stereocenters. The van der Waals surface area contributed by atoms with Crippen LogP contribution in [0.1, 0.15) is 78.6 Å². The zero-order valence-electron chi connectivity index (χ0n) is 47.4. The molecule has 36 atom stereocenters. The van der Waals surface area contributed by atoms with Crippen molar-refractivity contribution in [2.24, 2.45) is 46.3 Å². The average Bonchev–Trinajstić information content (AvgIpc) is 1.56. The minimum absolute atomic E-state index is 0.0782. The smallest absolute Gasteiger partial charge is 0.187 e. The Labute approximate surface area is 485 Å². The molecule has 1 spiro atoms. The summed E-state index contributed by atoms with van der Waals surface area (Å²) >= 11 is 0. The summed E-state index contributed by atoms with van der Waals surface area (Å²) in [5.41, 5.74) is 0.936. The maximum atomic E-state index is 12.1. The van der Waals surface area contributed by atoms with Crippen molar-refractivity contribution < 1.29 is 139 Å². The standard InChI is InChI=1S/C56H90O28/c1-20-7-10-56(74-18-20)21(2)34-29(84-56)12-25-23-6-5-22-11-28(26(61)13-55(22,4)24(23)8-9-54(25,34)3)75-50-43(71)40(68)45(33(17-60)79-50)80-53-48(47(38(66)32(16-59)78-53)82-49-41(69)35(63)27(62)19-73-49)83-52-44(72)46(37(65)31(15-58)77-52)81-51-42(70)39(67)36(64)30(14-57)76-51/h21-53,57-72H,1,5-19H2,2-4H3/t21-,22-,23+,24-,25-,26+,27+,28+,29?,30+,31+,32+,33+,34?,35-,36+,37+,38+,39-,40+,41+,42+,43+,44+,45-,46+,47-,48+,49-,50+,51-,52-,53-,54-,55-,56+/m0/s1. The van der Waals surface area contributed by atoms with Gasteiger partial charge in [-0.15, -0.1) is 0 Å². The van der Waals surface area contributed by atoms with Crippen molar-refractivity contribution in [3.63, 3.8) is 0 Å². The summed E-state index contributed by atoms with van der Waals surface area (Å²) in [5, 5.41) is 176. The molecule has 4 saturated carbocycles. The van der Waals surface area contributed by atoms with E-state index >= 15 is 0 Å². The fourth-order valence-electron chi connectivity index (χ4n) is 17.2. The fourth-order valence-corrected chi connectivity index (χ4v) is 17.2. The Morgan fingerprint density at radius 1 is 0.512 bits per heavy atom. The van der Waals surface area contributed by atoms with E-state index in [0.29, 0.717) is 43.1 Å². The first-order chi connectivity index (χ1) is 39.9.